The highest BCUT2D eigenvalue weighted by Gasteiger charge is 2.13. The predicted octanol–water partition coefficient (Wildman–Crippen LogP) is 2.63. The molecule has 0 aliphatic rings. The van der Waals surface area contributed by atoms with E-state index in [1.807, 2.05) is 0 Å². The monoisotopic (exact) mass is 226 g/mol. The molecular formula is C12H22N2S. The Balaban J connectivity index is 2.36. The number of thiophene rings is 1. The molecule has 2 unspecified atom stereocenters. The van der Waals surface area contributed by atoms with Crippen molar-refractivity contribution in [1.29, 1.82) is 0 Å². The molecule has 2 atom stereocenters. The first-order valence-corrected chi connectivity index (χ1v) is 6.55. The Morgan fingerprint density at radius 1 is 1.40 bits per heavy atom. The maximum atomic E-state index is 5.74. The molecule has 0 amide bonds. The van der Waals surface area contributed by atoms with Gasteiger partial charge < -0.3 is 11.1 Å². The lowest BCUT2D eigenvalue weighted by Gasteiger charge is -2.22. The third kappa shape index (κ3) is 3.93. The molecule has 86 valence electrons. The summed E-state index contributed by atoms with van der Waals surface area (Å²) in [6.45, 7) is 8.44. The van der Waals surface area contributed by atoms with E-state index in [9.17, 15) is 0 Å². The molecule has 1 aromatic rings. The fourth-order valence-electron chi connectivity index (χ4n) is 1.56. The average Bonchev–Trinajstić information content (AvgIpc) is 2.70. The van der Waals surface area contributed by atoms with Gasteiger partial charge in [0.25, 0.3) is 0 Å². The van der Waals surface area contributed by atoms with Crippen LogP contribution in [0.5, 0.6) is 0 Å². The van der Waals surface area contributed by atoms with E-state index >= 15 is 0 Å². The van der Waals surface area contributed by atoms with Gasteiger partial charge >= 0.3 is 0 Å². The van der Waals surface area contributed by atoms with Gasteiger partial charge in [-0.2, -0.15) is 11.3 Å². The van der Waals surface area contributed by atoms with E-state index in [1.54, 1.807) is 11.3 Å². The zero-order valence-electron chi connectivity index (χ0n) is 9.86. The van der Waals surface area contributed by atoms with Gasteiger partial charge in [-0.05, 0) is 54.2 Å². The minimum absolute atomic E-state index is 0.434. The van der Waals surface area contributed by atoms with Crippen molar-refractivity contribution in [2.24, 2.45) is 17.6 Å². The highest BCUT2D eigenvalue weighted by Crippen LogP contribution is 2.16. The van der Waals surface area contributed by atoms with Crippen LogP contribution in [0.25, 0.3) is 0 Å². The molecule has 0 spiro atoms. The Morgan fingerprint density at radius 2 is 2.13 bits per heavy atom. The zero-order valence-corrected chi connectivity index (χ0v) is 10.7. The summed E-state index contributed by atoms with van der Waals surface area (Å²) in [7, 11) is 0. The van der Waals surface area contributed by atoms with Crippen molar-refractivity contribution in [2.75, 3.05) is 13.1 Å². The molecule has 0 aliphatic heterocycles. The van der Waals surface area contributed by atoms with Crippen molar-refractivity contribution in [2.45, 2.75) is 26.8 Å². The second-order valence-corrected chi connectivity index (χ2v) is 5.21. The molecule has 0 saturated heterocycles. The first-order valence-electron chi connectivity index (χ1n) is 5.60. The third-order valence-corrected chi connectivity index (χ3v) is 3.68. The lowest BCUT2D eigenvalue weighted by atomic mass is 9.95. The summed E-state index contributed by atoms with van der Waals surface area (Å²) in [6.07, 6.45) is 0. The molecule has 1 heterocycles. The number of nitrogens with two attached hydrogens (primary N) is 1. The minimum atomic E-state index is 0.434. The van der Waals surface area contributed by atoms with E-state index in [4.69, 9.17) is 5.73 Å². The van der Waals surface area contributed by atoms with Gasteiger partial charge in [0.2, 0.25) is 0 Å². The maximum Gasteiger partial charge on any atom is 0.0300 e. The van der Waals surface area contributed by atoms with Crippen molar-refractivity contribution >= 4 is 11.3 Å². The highest BCUT2D eigenvalue weighted by molar-refractivity contribution is 7.07. The smallest absolute Gasteiger partial charge is 0.0300 e. The van der Waals surface area contributed by atoms with E-state index in [0.29, 0.717) is 17.9 Å². The molecule has 0 aromatic carbocycles. The van der Waals surface area contributed by atoms with E-state index in [1.165, 1.54) is 5.56 Å². The summed E-state index contributed by atoms with van der Waals surface area (Å²) in [4.78, 5) is 0. The number of hydrogen-bond donors (Lipinski definition) is 2. The Labute approximate surface area is 96.9 Å². The molecule has 0 bridgehead atoms. The summed E-state index contributed by atoms with van der Waals surface area (Å²) in [5, 5.41) is 7.86. The fourth-order valence-corrected chi connectivity index (χ4v) is 2.31. The third-order valence-electron chi connectivity index (χ3n) is 2.97. The van der Waals surface area contributed by atoms with Gasteiger partial charge in [-0.25, -0.2) is 0 Å². The standard InChI is InChI=1S/C12H22N2S/c1-9(2)12(6-13)7-14-10(3)11-4-5-15-8-11/h4-5,8-10,12,14H,6-7,13H2,1-3H3. The first kappa shape index (κ1) is 12.7. The first-order chi connectivity index (χ1) is 7.15. The van der Waals surface area contributed by atoms with Gasteiger partial charge in [-0.1, -0.05) is 13.8 Å². The molecule has 0 fully saturated rings. The van der Waals surface area contributed by atoms with Gasteiger partial charge in [0.15, 0.2) is 0 Å². The van der Waals surface area contributed by atoms with E-state index < -0.39 is 0 Å². The van der Waals surface area contributed by atoms with Gasteiger partial charge in [0, 0.05) is 6.04 Å². The summed E-state index contributed by atoms with van der Waals surface area (Å²) in [6, 6.07) is 2.61. The molecule has 3 heteroatoms. The van der Waals surface area contributed by atoms with Crippen LogP contribution in [-0.4, -0.2) is 13.1 Å². The van der Waals surface area contributed by atoms with Crippen LogP contribution in [0.3, 0.4) is 0 Å². The predicted molar refractivity (Wildman–Crippen MR) is 68.1 cm³/mol. The number of rotatable bonds is 6. The summed E-state index contributed by atoms with van der Waals surface area (Å²) in [5.41, 5.74) is 7.12. The SMILES string of the molecule is CC(NCC(CN)C(C)C)c1ccsc1. The normalized spacial score (nSPS) is 15.5. The fraction of sp³-hybridized carbons (Fsp3) is 0.667. The van der Waals surface area contributed by atoms with Crippen molar-refractivity contribution in [3.63, 3.8) is 0 Å². The van der Waals surface area contributed by atoms with Gasteiger partial charge in [-0.15, -0.1) is 0 Å². The van der Waals surface area contributed by atoms with E-state index in [-0.39, 0.29) is 0 Å². The van der Waals surface area contributed by atoms with Crippen LogP contribution in [0, 0.1) is 11.8 Å². The molecule has 3 N–H and O–H groups in total. The number of nitrogens with one attached hydrogen (secondary N) is 1. The second-order valence-electron chi connectivity index (χ2n) is 4.43. The lowest BCUT2D eigenvalue weighted by molar-refractivity contribution is 0.356. The Bertz CT molecular complexity index is 257. The van der Waals surface area contributed by atoms with Gasteiger partial charge in [0.05, 0.1) is 0 Å². The molecular weight excluding hydrogens is 204 g/mol. The second kappa shape index (κ2) is 6.26. The van der Waals surface area contributed by atoms with Crippen LogP contribution >= 0.6 is 11.3 Å². The molecule has 0 radical (unpaired) electrons. The van der Waals surface area contributed by atoms with Crippen LogP contribution in [0.2, 0.25) is 0 Å². The topological polar surface area (TPSA) is 38.0 Å². The molecule has 2 nitrogen and oxygen atoms in total. The van der Waals surface area contributed by atoms with Crippen molar-refractivity contribution in [3.8, 4) is 0 Å². The average molecular weight is 226 g/mol. The van der Waals surface area contributed by atoms with Crippen LogP contribution in [0.15, 0.2) is 16.8 Å². The van der Waals surface area contributed by atoms with Crippen LogP contribution in [-0.2, 0) is 0 Å². The Kier molecular flexibility index (Phi) is 5.29. The highest BCUT2D eigenvalue weighted by atomic mass is 32.1. The van der Waals surface area contributed by atoms with Gasteiger partial charge in [0.1, 0.15) is 0 Å². The lowest BCUT2D eigenvalue weighted by Crippen LogP contribution is -2.33. The summed E-state index contributed by atoms with van der Waals surface area (Å²) >= 11 is 1.75. The quantitative estimate of drug-likeness (QED) is 0.782. The molecule has 0 saturated carbocycles. The Morgan fingerprint density at radius 3 is 2.60 bits per heavy atom. The van der Waals surface area contributed by atoms with Crippen molar-refractivity contribution in [3.05, 3.63) is 22.4 Å². The van der Waals surface area contributed by atoms with E-state index in [2.05, 4.69) is 42.9 Å². The molecule has 15 heavy (non-hydrogen) atoms. The van der Waals surface area contributed by atoms with Gasteiger partial charge in [-0.3, -0.25) is 0 Å². The summed E-state index contributed by atoms with van der Waals surface area (Å²) < 4.78 is 0. The molecule has 1 rings (SSSR count). The minimum Gasteiger partial charge on any atom is -0.330 e. The van der Waals surface area contributed by atoms with Crippen LogP contribution in [0.1, 0.15) is 32.4 Å². The van der Waals surface area contributed by atoms with E-state index in [0.717, 1.165) is 13.1 Å². The van der Waals surface area contributed by atoms with Crippen LogP contribution in [0.4, 0.5) is 0 Å². The largest absolute Gasteiger partial charge is 0.330 e. The number of hydrogen-bond acceptors (Lipinski definition) is 3. The van der Waals surface area contributed by atoms with Crippen molar-refractivity contribution in [1.82, 2.24) is 5.32 Å². The summed E-state index contributed by atoms with van der Waals surface area (Å²) in [5.74, 6) is 1.23. The maximum absolute atomic E-state index is 5.74. The Hall–Kier alpha value is -0.380. The zero-order chi connectivity index (χ0) is 11.3. The molecule has 0 aliphatic carbocycles. The molecule has 1 aromatic heterocycles. The van der Waals surface area contributed by atoms with Crippen LogP contribution < -0.4 is 11.1 Å². The van der Waals surface area contributed by atoms with Crippen molar-refractivity contribution < 1.29 is 0 Å².